The van der Waals surface area contributed by atoms with Gasteiger partial charge in [0, 0.05) is 12.8 Å². The van der Waals surface area contributed by atoms with Crippen LogP contribution in [0.4, 0.5) is 0 Å². The van der Waals surface area contributed by atoms with Gasteiger partial charge in [-0.25, -0.2) is 0 Å². The summed E-state index contributed by atoms with van der Waals surface area (Å²) < 4.78 is 0. The van der Waals surface area contributed by atoms with E-state index in [1.807, 2.05) is 0 Å². The molecule has 0 amide bonds. The highest BCUT2D eigenvalue weighted by Gasteiger charge is 1.97. The first-order valence-corrected chi connectivity index (χ1v) is 6.77. The van der Waals surface area contributed by atoms with Crippen LogP contribution in [0.15, 0.2) is 0 Å². The molecular weight excluding hydrogens is 180 g/mol. The lowest BCUT2D eigenvalue weighted by Crippen LogP contribution is -1.91. The summed E-state index contributed by atoms with van der Waals surface area (Å²) in [6, 6.07) is 0. The lowest BCUT2D eigenvalue weighted by atomic mass is 10.00. The van der Waals surface area contributed by atoms with Gasteiger partial charge in [-0.2, -0.15) is 0 Å². The van der Waals surface area contributed by atoms with Gasteiger partial charge in [-0.15, -0.1) is 11.8 Å². The quantitative estimate of drug-likeness (QED) is 0.381. The lowest BCUT2D eigenvalue weighted by Gasteiger charge is -2.06. The second-order valence-corrected chi connectivity index (χ2v) is 4.53. The largest absolute Gasteiger partial charge is 0.104 e. The van der Waals surface area contributed by atoms with Crippen LogP contribution >= 0.6 is 0 Å². The summed E-state index contributed by atoms with van der Waals surface area (Å²) in [6.45, 7) is 6.76. The van der Waals surface area contributed by atoms with Crippen molar-refractivity contribution >= 4 is 0 Å². The maximum Gasteiger partial charge on any atom is 0.00886 e. The van der Waals surface area contributed by atoms with Gasteiger partial charge in [0.15, 0.2) is 0 Å². The van der Waals surface area contributed by atoms with Crippen LogP contribution in [0, 0.1) is 17.8 Å². The lowest BCUT2D eigenvalue weighted by molar-refractivity contribution is 0.473. The van der Waals surface area contributed by atoms with Crippen LogP contribution < -0.4 is 0 Å². The molecule has 1 unspecified atom stereocenters. The predicted octanol–water partition coefficient (Wildman–Crippen LogP) is 5.18. The molecule has 0 aliphatic heterocycles. The molecule has 0 heteroatoms. The van der Waals surface area contributed by atoms with Gasteiger partial charge in [-0.3, -0.25) is 0 Å². The molecule has 0 aliphatic carbocycles. The molecule has 0 aromatic rings. The zero-order valence-corrected chi connectivity index (χ0v) is 10.9. The van der Waals surface area contributed by atoms with Gasteiger partial charge in [0.05, 0.1) is 0 Å². The molecule has 0 fully saturated rings. The normalized spacial score (nSPS) is 11.9. The average Bonchev–Trinajstić information content (AvgIpc) is 2.26. The molecule has 0 spiro atoms. The van der Waals surface area contributed by atoms with Crippen molar-refractivity contribution in [3.8, 4) is 11.8 Å². The Balaban J connectivity index is 3.05. The van der Waals surface area contributed by atoms with Gasteiger partial charge in [0.2, 0.25) is 0 Å². The summed E-state index contributed by atoms with van der Waals surface area (Å²) >= 11 is 0. The van der Waals surface area contributed by atoms with Crippen molar-refractivity contribution in [2.75, 3.05) is 0 Å². The molecule has 0 saturated heterocycles. The first-order chi connectivity index (χ1) is 7.31. The van der Waals surface area contributed by atoms with Crippen LogP contribution in [-0.2, 0) is 0 Å². The summed E-state index contributed by atoms with van der Waals surface area (Å²) in [4.78, 5) is 0. The molecule has 0 radical (unpaired) electrons. The minimum absolute atomic E-state index is 0.931. The van der Waals surface area contributed by atoms with Crippen LogP contribution in [0.1, 0.15) is 78.6 Å². The molecule has 0 heterocycles. The van der Waals surface area contributed by atoms with Crippen LogP contribution in [0.25, 0.3) is 0 Å². The Morgan fingerprint density at radius 2 is 1.53 bits per heavy atom. The Hall–Kier alpha value is -0.440. The van der Waals surface area contributed by atoms with Crippen molar-refractivity contribution in [2.45, 2.75) is 78.6 Å². The molecule has 0 bridgehead atoms. The van der Waals surface area contributed by atoms with E-state index in [2.05, 4.69) is 32.6 Å². The zero-order chi connectivity index (χ0) is 11.4. The maximum absolute atomic E-state index is 3.20. The van der Waals surface area contributed by atoms with E-state index in [9.17, 15) is 0 Å². The molecule has 0 N–H and O–H groups in total. The fraction of sp³-hybridized carbons (Fsp3) is 0.867. The fourth-order valence-electron chi connectivity index (χ4n) is 1.65. The molecule has 88 valence electrons. The van der Waals surface area contributed by atoms with E-state index in [1.54, 1.807) is 0 Å². The molecule has 0 nitrogen and oxygen atoms in total. The van der Waals surface area contributed by atoms with Crippen LogP contribution in [0.2, 0.25) is 0 Å². The van der Waals surface area contributed by atoms with Crippen LogP contribution in [0.5, 0.6) is 0 Å². The van der Waals surface area contributed by atoms with E-state index < -0.39 is 0 Å². The van der Waals surface area contributed by atoms with Crippen molar-refractivity contribution in [2.24, 2.45) is 5.92 Å². The highest BCUT2D eigenvalue weighted by molar-refractivity contribution is 4.97. The number of rotatable bonds is 8. The number of unbranched alkanes of at least 4 members (excludes halogenated alkanes) is 5. The monoisotopic (exact) mass is 208 g/mol. The minimum Gasteiger partial charge on any atom is -0.104 e. The topological polar surface area (TPSA) is 0 Å². The van der Waals surface area contributed by atoms with Crippen molar-refractivity contribution < 1.29 is 0 Å². The van der Waals surface area contributed by atoms with Crippen LogP contribution in [-0.4, -0.2) is 0 Å². The van der Waals surface area contributed by atoms with Gasteiger partial charge in [0.25, 0.3) is 0 Å². The van der Waals surface area contributed by atoms with Crippen molar-refractivity contribution in [3.63, 3.8) is 0 Å². The van der Waals surface area contributed by atoms with Gasteiger partial charge < -0.3 is 0 Å². The molecule has 0 aliphatic rings. The third-order valence-corrected chi connectivity index (χ3v) is 3.00. The van der Waals surface area contributed by atoms with Gasteiger partial charge >= 0.3 is 0 Å². The third-order valence-electron chi connectivity index (χ3n) is 3.00. The molecule has 0 saturated carbocycles. The van der Waals surface area contributed by atoms with Crippen molar-refractivity contribution in [3.05, 3.63) is 0 Å². The first-order valence-electron chi connectivity index (χ1n) is 6.77. The van der Waals surface area contributed by atoms with Crippen LogP contribution in [0.3, 0.4) is 0 Å². The second kappa shape index (κ2) is 11.6. The van der Waals surface area contributed by atoms with E-state index >= 15 is 0 Å². The molecule has 15 heavy (non-hydrogen) atoms. The van der Waals surface area contributed by atoms with Gasteiger partial charge in [-0.1, -0.05) is 59.3 Å². The van der Waals surface area contributed by atoms with Gasteiger partial charge in [0.1, 0.15) is 0 Å². The highest BCUT2D eigenvalue weighted by atomic mass is 14.0. The van der Waals surface area contributed by atoms with E-state index in [1.165, 1.54) is 44.9 Å². The second-order valence-electron chi connectivity index (χ2n) is 4.53. The third kappa shape index (κ3) is 11.5. The standard InChI is InChI=1S/C15H28/c1-4-6-7-8-9-10-11-12-13-14-15(3)5-2/h15H,4-5,8-14H2,1-3H3. The van der Waals surface area contributed by atoms with Crippen molar-refractivity contribution in [1.82, 2.24) is 0 Å². The maximum atomic E-state index is 3.20. The Bertz CT molecular complexity index is 170. The Morgan fingerprint density at radius 1 is 0.867 bits per heavy atom. The van der Waals surface area contributed by atoms with Gasteiger partial charge in [-0.05, 0) is 12.3 Å². The van der Waals surface area contributed by atoms with E-state index in [0.29, 0.717) is 0 Å². The molecule has 0 aromatic heterocycles. The zero-order valence-electron chi connectivity index (χ0n) is 10.9. The van der Waals surface area contributed by atoms with Crippen molar-refractivity contribution in [1.29, 1.82) is 0 Å². The average molecular weight is 208 g/mol. The highest BCUT2D eigenvalue weighted by Crippen LogP contribution is 2.13. The Morgan fingerprint density at radius 3 is 2.20 bits per heavy atom. The smallest absolute Gasteiger partial charge is 0.00886 e. The molecule has 0 aromatic carbocycles. The van der Waals surface area contributed by atoms with E-state index in [-0.39, 0.29) is 0 Å². The van der Waals surface area contributed by atoms with E-state index in [0.717, 1.165) is 18.8 Å². The first kappa shape index (κ1) is 14.6. The fourth-order valence-corrected chi connectivity index (χ4v) is 1.65. The Labute approximate surface area is 96.8 Å². The SMILES string of the molecule is CCC#CCCCCCCCC(C)CC. The molecular formula is C15H28. The van der Waals surface area contributed by atoms with E-state index in [4.69, 9.17) is 0 Å². The number of hydrogen-bond donors (Lipinski definition) is 0. The minimum atomic E-state index is 0.931. The predicted molar refractivity (Wildman–Crippen MR) is 69.8 cm³/mol. The summed E-state index contributed by atoms with van der Waals surface area (Å²) in [5.41, 5.74) is 0. The number of hydrogen-bond acceptors (Lipinski definition) is 0. The summed E-state index contributed by atoms with van der Waals surface area (Å²) in [6.07, 6.45) is 11.8. The molecule has 0 rings (SSSR count). The summed E-state index contributed by atoms with van der Waals surface area (Å²) in [5.74, 6) is 7.26. The molecule has 1 atom stereocenters. The summed E-state index contributed by atoms with van der Waals surface area (Å²) in [7, 11) is 0. The Kier molecular flexibility index (Phi) is 11.3. The summed E-state index contributed by atoms with van der Waals surface area (Å²) in [5, 5.41) is 0.